The van der Waals surface area contributed by atoms with Crippen LogP contribution < -0.4 is 0 Å². The van der Waals surface area contributed by atoms with Crippen LogP contribution >= 0.6 is 0 Å². The first-order valence-electron chi connectivity index (χ1n) is 5.40. The van der Waals surface area contributed by atoms with Crippen molar-refractivity contribution < 1.29 is 9.53 Å². The van der Waals surface area contributed by atoms with Gasteiger partial charge in [0.2, 0.25) is 0 Å². The van der Waals surface area contributed by atoms with Crippen LogP contribution in [0.25, 0.3) is 0 Å². The van der Waals surface area contributed by atoms with E-state index in [1.165, 1.54) is 13.5 Å². The molecule has 0 radical (unpaired) electrons. The van der Waals surface area contributed by atoms with Gasteiger partial charge in [-0.1, -0.05) is 0 Å². The summed E-state index contributed by atoms with van der Waals surface area (Å²) in [5.41, 5.74) is 0. The first-order chi connectivity index (χ1) is 6.33. The fourth-order valence-electron chi connectivity index (χ4n) is 5.14. The van der Waals surface area contributed by atoms with Crippen LogP contribution in [0.5, 0.6) is 0 Å². The summed E-state index contributed by atoms with van der Waals surface area (Å²) < 4.78 is 4.88. The summed E-state index contributed by atoms with van der Waals surface area (Å²) in [7, 11) is 1.53. The van der Waals surface area contributed by atoms with Crippen molar-refractivity contribution in [1.82, 2.24) is 0 Å². The van der Waals surface area contributed by atoms with Gasteiger partial charge in [0.15, 0.2) is 0 Å². The minimum absolute atomic E-state index is 0.0727. The Labute approximate surface area is 77.6 Å². The summed E-state index contributed by atoms with van der Waals surface area (Å²) in [4.78, 5) is 11.5. The Morgan fingerprint density at radius 3 is 2.38 bits per heavy atom. The second-order valence-corrected chi connectivity index (χ2v) is 5.32. The second-order valence-electron chi connectivity index (χ2n) is 5.32. The van der Waals surface area contributed by atoms with E-state index in [9.17, 15) is 4.79 Å². The number of rotatable bonds is 1. The van der Waals surface area contributed by atoms with Crippen molar-refractivity contribution in [1.29, 1.82) is 0 Å². The highest BCUT2D eigenvalue weighted by molar-refractivity contribution is 5.74. The molecule has 0 aliphatic heterocycles. The Hall–Kier alpha value is -0.530. The van der Waals surface area contributed by atoms with E-state index in [4.69, 9.17) is 4.74 Å². The number of esters is 1. The van der Waals surface area contributed by atoms with Crippen molar-refractivity contribution in [3.05, 3.63) is 0 Å². The second kappa shape index (κ2) is 1.79. The molecule has 0 aromatic carbocycles. The summed E-state index contributed by atoms with van der Waals surface area (Å²) in [6, 6.07) is 0. The van der Waals surface area contributed by atoms with E-state index in [2.05, 4.69) is 0 Å². The zero-order valence-electron chi connectivity index (χ0n) is 7.77. The molecule has 5 rings (SSSR count). The molecule has 6 bridgehead atoms. The zero-order valence-corrected chi connectivity index (χ0v) is 7.77. The van der Waals surface area contributed by atoms with E-state index in [0.717, 1.165) is 41.9 Å². The summed E-state index contributed by atoms with van der Waals surface area (Å²) in [5, 5.41) is 0. The fraction of sp³-hybridized carbons (Fsp3) is 0.909. The van der Waals surface area contributed by atoms with Gasteiger partial charge in [-0.25, -0.2) is 0 Å². The maximum absolute atomic E-state index is 11.5. The minimum atomic E-state index is 0.0727. The van der Waals surface area contributed by atoms with Crippen LogP contribution in [-0.2, 0) is 9.53 Å². The number of hydrogen-bond donors (Lipinski definition) is 0. The minimum Gasteiger partial charge on any atom is -0.469 e. The molecule has 0 unspecified atom stereocenters. The zero-order chi connectivity index (χ0) is 8.74. The van der Waals surface area contributed by atoms with E-state index in [1.54, 1.807) is 0 Å². The van der Waals surface area contributed by atoms with Crippen molar-refractivity contribution >= 4 is 5.97 Å². The van der Waals surface area contributed by atoms with Crippen LogP contribution in [0, 0.1) is 41.4 Å². The highest BCUT2D eigenvalue weighted by atomic mass is 16.5. The lowest BCUT2D eigenvalue weighted by atomic mass is 9.88. The summed E-state index contributed by atoms with van der Waals surface area (Å²) in [6.07, 6.45) is 2.60. The number of carbonyl (C=O) groups excluding carboxylic acids is 1. The van der Waals surface area contributed by atoms with Crippen molar-refractivity contribution in [3.8, 4) is 0 Å². The van der Waals surface area contributed by atoms with Crippen molar-refractivity contribution in [3.63, 3.8) is 0 Å². The lowest BCUT2D eigenvalue weighted by molar-refractivity contribution is -0.147. The molecule has 2 nitrogen and oxygen atoms in total. The molecule has 5 fully saturated rings. The molecule has 0 N–H and O–H groups in total. The number of methoxy groups -OCH3 is 1. The average Bonchev–Trinajstić information content (AvgIpc) is 2.59. The number of ether oxygens (including phenoxy) is 1. The SMILES string of the molecule is COC(=O)[C@H]1C[C@@H]2[C@H]3C[C@H]4[C@@H]2[C@@H]4[C@H]31. The van der Waals surface area contributed by atoms with Gasteiger partial charge in [0.25, 0.3) is 0 Å². The smallest absolute Gasteiger partial charge is 0.308 e. The highest BCUT2D eigenvalue weighted by Crippen LogP contribution is 2.82. The topological polar surface area (TPSA) is 26.3 Å². The molecule has 7 atom stereocenters. The highest BCUT2D eigenvalue weighted by Gasteiger charge is 2.78. The fourth-order valence-corrected chi connectivity index (χ4v) is 5.14. The Bertz CT molecular complexity index is 298. The molecule has 0 amide bonds. The van der Waals surface area contributed by atoms with Gasteiger partial charge in [-0.15, -0.1) is 0 Å². The molecule has 0 saturated heterocycles. The Morgan fingerprint density at radius 2 is 1.85 bits per heavy atom. The molecule has 13 heavy (non-hydrogen) atoms. The maximum Gasteiger partial charge on any atom is 0.308 e. The predicted molar refractivity (Wildman–Crippen MR) is 45.7 cm³/mol. The van der Waals surface area contributed by atoms with Crippen molar-refractivity contribution in [2.75, 3.05) is 7.11 Å². The van der Waals surface area contributed by atoms with Crippen LogP contribution in [0.2, 0.25) is 0 Å². The van der Waals surface area contributed by atoms with Gasteiger partial charge in [-0.05, 0) is 48.3 Å². The monoisotopic (exact) mass is 178 g/mol. The quantitative estimate of drug-likeness (QED) is 0.566. The van der Waals surface area contributed by atoms with E-state index in [1.807, 2.05) is 0 Å². The standard InChI is InChI=1S/C11H14O2/c1-13-11(12)7-3-5-4-2-6-8(5)10(6)9(4)7/h4-10H,2-3H2,1H3/t4-,5-,6+,7+,8-,9-,10-/m1/s1. The lowest BCUT2D eigenvalue weighted by Gasteiger charge is -2.18. The summed E-state index contributed by atoms with van der Waals surface area (Å²) in [5.74, 6) is 5.98. The molecule has 70 valence electrons. The molecule has 0 spiro atoms. The number of carbonyl (C=O) groups is 1. The first-order valence-corrected chi connectivity index (χ1v) is 5.40. The van der Waals surface area contributed by atoms with Gasteiger partial charge >= 0.3 is 5.97 Å². The first kappa shape index (κ1) is 6.86. The third kappa shape index (κ3) is 0.544. The van der Waals surface area contributed by atoms with Crippen LogP contribution in [0.1, 0.15) is 12.8 Å². The van der Waals surface area contributed by atoms with Crippen molar-refractivity contribution in [2.45, 2.75) is 12.8 Å². The molecule has 0 aromatic heterocycles. The molecule has 2 heteroatoms. The van der Waals surface area contributed by atoms with Crippen LogP contribution in [0.15, 0.2) is 0 Å². The molecule has 5 aliphatic carbocycles. The van der Waals surface area contributed by atoms with E-state index in [-0.39, 0.29) is 11.9 Å². The summed E-state index contributed by atoms with van der Waals surface area (Å²) in [6.45, 7) is 0. The third-order valence-electron chi connectivity index (χ3n) is 5.31. The average molecular weight is 178 g/mol. The van der Waals surface area contributed by atoms with E-state index in [0.29, 0.717) is 0 Å². The Kier molecular flexibility index (Phi) is 0.946. The molecular formula is C11H14O2. The largest absolute Gasteiger partial charge is 0.469 e. The van der Waals surface area contributed by atoms with Crippen molar-refractivity contribution in [2.24, 2.45) is 41.4 Å². The molecule has 5 saturated carbocycles. The normalized spacial score (nSPS) is 64.2. The van der Waals surface area contributed by atoms with E-state index < -0.39 is 0 Å². The van der Waals surface area contributed by atoms with Crippen LogP contribution in [0.4, 0.5) is 0 Å². The molecular weight excluding hydrogens is 164 g/mol. The number of hydrogen-bond acceptors (Lipinski definition) is 2. The molecule has 0 heterocycles. The van der Waals surface area contributed by atoms with Gasteiger partial charge in [0, 0.05) is 0 Å². The van der Waals surface area contributed by atoms with Gasteiger partial charge in [0.1, 0.15) is 0 Å². The Balaban J connectivity index is 1.70. The van der Waals surface area contributed by atoms with Gasteiger partial charge in [0.05, 0.1) is 13.0 Å². The third-order valence-corrected chi connectivity index (χ3v) is 5.31. The van der Waals surface area contributed by atoms with Gasteiger partial charge < -0.3 is 4.74 Å². The Morgan fingerprint density at radius 1 is 1.08 bits per heavy atom. The van der Waals surface area contributed by atoms with Gasteiger partial charge in [-0.2, -0.15) is 0 Å². The van der Waals surface area contributed by atoms with E-state index >= 15 is 0 Å². The lowest BCUT2D eigenvalue weighted by Crippen LogP contribution is -2.24. The summed E-state index contributed by atoms with van der Waals surface area (Å²) >= 11 is 0. The van der Waals surface area contributed by atoms with Gasteiger partial charge in [-0.3, -0.25) is 4.79 Å². The predicted octanol–water partition coefficient (Wildman–Crippen LogP) is 1.31. The van der Waals surface area contributed by atoms with Crippen LogP contribution in [-0.4, -0.2) is 13.1 Å². The van der Waals surface area contributed by atoms with Crippen LogP contribution in [0.3, 0.4) is 0 Å². The molecule has 0 aromatic rings. The maximum atomic E-state index is 11.5. The molecule has 5 aliphatic rings.